The first-order chi connectivity index (χ1) is 9.78. The molecule has 0 unspecified atom stereocenters. The van der Waals surface area contributed by atoms with Crippen LogP contribution in [0.2, 0.25) is 0 Å². The highest BCUT2D eigenvalue weighted by Gasteiger charge is 2.10. The number of carbonyl (C=O) groups excluding carboxylic acids is 1. The van der Waals surface area contributed by atoms with E-state index in [9.17, 15) is 9.90 Å². The summed E-state index contributed by atoms with van der Waals surface area (Å²) in [6, 6.07) is 12.9. The van der Waals surface area contributed by atoms with E-state index in [1.807, 2.05) is 30.3 Å². The van der Waals surface area contributed by atoms with Gasteiger partial charge in [0.1, 0.15) is 5.76 Å². The number of rotatable bonds is 6. The van der Waals surface area contributed by atoms with E-state index in [0.29, 0.717) is 12.2 Å². The van der Waals surface area contributed by atoms with Crippen LogP contribution in [0.15, 0.2) is 59.2 Å². The van der Waals surface area contributed by atoms with Crippen LogP contribution in [0.1, 0.15) is 11.3 Å². The Labute approximate surface area is 117 Å². The van der Waals surface area contributed by atoms with Crippen molar-refractivity contribution >= 4 is 12.0 Å². The SMILES string of the molecule is O=C(/C=C/c1ccco1)N[C@H](CO)Cc1ccccc1. The molecule has 0 aliphatic heterocycles. The maximum absolute atomic E-state index is 11.7. The molecule has 104 valence electrons. The first-order valence-electron chi connectivity index (χ1n) is 6.45. The molecule has 1 heterocycles. The van der Waals surface area contributed by atoms with E-state index in [2.05, 4.69) is 5.32 Å². The van der Waals surface area contributed by atoms with Gasteiger partial charge in [0.25, 0.3) is 0 Å². The lowest BCUT2D eigenvalue weighted by molar-refractivity contribution is -0.117. The lowest BCUT2D eigenvalue weighted by atomic mass is 10.1. The van der Waals surface area contributed by atoms with Crippen molar-refractivity contribution in [2.24, 2.45) is 0 Å². The van der Waals surface area contributed by atoms with Crippen molar-refractivity contribution in [3.63, 3.8) is 0 Å². The second-order valence-electron chi connectivity index (χ2n) is 4.43. The molecule has 1 aromatic heterocycles. The number of aliphatic hydroxyl groups is 1. The van der Waals surface area contributed by atoms with Crippen LogP contribution in [0.3, 0.4) is 0 Å². The van der Waals surface area contributed by atoms with Gasteiger partial charge in [0.15, 0.2) is 0 Å². The Kier molecular flexibility index (Phi) is 5.15. The third kappa shape index (κ3) is 4.40. The van der Waals surface area contributed by atoms with E-state index >= 15 is 0 Å². The quantitative estimate of drug-likeness (QED) is 0.790. The molecular weight excluding hydrogens is 254 g/mol. The number of benzene rings is 1. The predicted molar refractivity (Wildman–Crippen MR) is 76.9 cm³/mol. The van der Waals surface area contributed by atoms with Crippen LogP contribution in [0.25, 0.3) is 6.08 Å². The number of carbonyl (C=O) groups is 1. The Morgan fingerprint density at radius 1 is 1.25 bits per heavy atom. The molecule has 0 aliphatic rings. The van der Waals surface area contributed by atoms with Crippen LogP contribution in [0.4, 0.5) is 0 Å². The van der Waals surface area contributed by atoms with Crippen LogP contribution in [0, 0.1) is 0 Å². The van der Waals surface area contributed by atoms with Crippen LogP contribution >= 0.6 is 0 Å². The van der Waals surface area contributed by atoms with E-state index in [1.165, 1.54) is 6.08 Å². The second-order valence-corrected chi connectivity index (χ2v) is 4.43. The van der Waals surface area contributed by atoms with Crippen molar-refractivity contribution < 1.29 is 14.3 Å². The molecule has 2 N–H and O–H groups in total. The molecule has 2 rings (SSSR count). The van der Waals surface area contributed by atoms with Gasteiger partial charge in [0, 0.05) is 6.08 Å². The number of hydrogen-bond acceptors (Lipinski definition) is 3. The molecular formula is C16H17NO3. The summed E-state index contributed by atoms with van der Waals surface area (Å²) in [7, 11) is 0. The largest absolute Gasteiger partial charge is 0.465 e. The van der Waals surface area contributed by atoms with Gasteiger partial charge in [-0.15, -0.1) is 0 Å². The van der Waals surface area contributed by atoms with Crippen molar-refractivity contribution in [1.82, 2.24) is 5.32 Å². The maximum Gasteiger partial charge on any atom is 0.244 e. The fourth-order valence-corrected chi connectivity index (χ4v) is 1.85. The Bertz CT molecular complexity index is 546. The molecule has 0 bridgehead atoms. The zero-order valence-electron chi connectivity index (χ0n) is 11.0. The van der Waals surface area contributed by atoms with Gasteiger partial charge in [-0.3, -0.25) is 4.79 Å². The van der Waals surface area contributed by atoms with Gasteiger partial charge < -0.3 is 14.8 Å². The summed E-state index contributed by atoms with van der Waals surface area (Å²) in [5.74, 6) is 0.361. The fraction of sp³-hybridized carbons (Fsp3) is 0.188. The normalized spacial score (nSPS) is 12.4. The zero-order chi connectivity index (χ0) is 14.2. The number of nitrogens with one attached hydrogen (secondary N) is 1. The summed E-state index contributed by atoms with van der Waals surface area (Å²) in [4.78, 5) is 11.7. The topological polar surface area (TPSA) is 62.5 Å². The van der Waals surface area contributed by atoms with Crippen molar-refractivity contribution in [1.29, 1.82) is 0 Å². The Morgan fingerprint density at radius 2 is 2.05 bits per heavy atom. The third-order valence-corrected chi connectivity index (χ3v) is 2.83. The summed E-state index contributed by atoms with van der Waals surface area (Å²) in [6.45, 7) is -0.102. The van der Waals surface area contributed by atoms with Crippen molar-refractivity contribution in [3.05, 3.63) is 66.1 Å². The first kappa shape index (κ1) is 14.1. The molecule has 4 heteroatoms. The number of amides is 1. The fourth-order valence-electron chi connectivity index (χ4n) is 1.85. The van der Waals surface area contributed by atoms with Crippen molar-refractivity contribution in [2.75, 3.05) is 6.61 Å². The van der Waals surface area contributed by atoms with Gasteiger partial charge >= 0.3 is 0 Å². The molecule has 0 fully saturated rings. The van der Waals surface area contributed by atoms with Gasteiger partial charge in [-0.2, -0.15) is 0 Å². The van der Waals surface area contributed by atoms with E-state index < -0.39 is 0 Å². The molecule has 0 radical (unpaired) electrons. The number of hydrogen-bond donors (Lipinski definition) is 2. The molecule has 0 saturated heterocycles. The monoisotopic (exact) mass is 271 g/mol. The highest BCUT2D eigenvalue weighted by molar-refractivity contribution is 5.91. The summed E-state index contributed by atoms with van der Waals surface area (Å²) < 4.78 is 5.09. The highest BCUT2D eigenvalue weighted by atomic mass is 16.3. The standard InChI is InChI=1S/C16H17NO3/c18-12-14(11-13-5-2-1-3-6-13)17-16(19)9-8-15-7-4-10-20-15/h1-10,14,18H,11-12H2,(H,17,19)/b9-8+/t14-/m0/s1. The molecule has 1 atom stereocenters. The number of furan rings is 1. The van der Waals surface area contributed by atoms with E-state index in [1.54, 1.807) is 24.5 Å². The molecule has 1 aromatic carbocycles. The van der Waals surface area contributed by atoms with Crippen LogP contribution in [-0.2, 0) is 11.2 Å². The molecule has 1 amide bonds. The van der Waals surface area contributed by atoms with E-state index in [4.69, 9.17) is 4.42 Å². The maximum atomic E-state index is 11.7. The smallest absolute Gasteiger partial charge is 0.244 e. The van der Waals surface area contributed by atoms with Gasteiger partial charge in [0.05, 0.1) is 18.9 Å². The third-order valence-electron chi connectivity index (χ3n) is 2.83. The molecule has 4 nitrogen and oxygen atoms in total. The Balaban J connectivity index is 1.88. The minimum Gasteiger partial charge on any atom is -0.465 e. The minimum atomic E-state index is -0.300. The Morgan fingerprint density at radius 3 is 2.70 bits per heavy atom. The van der Waals surface area contributed by atoms with Crippen LogP contribution in [-0.4, -0.2) is 23.7 Å². The van der Waals surface area contributed by atoms with Crippen LogP contribution in [0.5, 0.6) is 0 Å². The molecule has 0 aliphatic carbocycles. The minimum absolute atomic E-state index is 0.102. The van der Waals surface area contributed by atoms with E-state index in [0.717, 1.165) is 5.56 Å². The molecule has 0 spiro atoms. The molecule has 2 aromatic rings. The predicted octanol–water partition coefficient (Wildman–Crippen LogP) is 2.01. The van der Waals surface area contributed by atoms with Crippen molar-refractivity contribution in [2.45, 2.75) is 12.5 Å². The average molecular weight is 271 g/mol. The summed E-state index contributed by atoms with van der Waals surface area (Å²) >= 11 is 0. The van der Waals surface area contributed by atoms with E-state index in [-0.39, 0.29) is 18.6 Å². The van der Waals surface area contributed by atoms with Crippen molar-refractivity contribution in [3.8, 4) is 0 Å². The first-order valence-corrected chi connectivity index (χ1v) is 6.45. The van der Waals surface area contributed by atoms with Gasteiger partial charge in [-0.1, -0.05) is 30.3 Å². The van der Waals surface area contributed by atoms with Gasteiger partial charge in [0.2, 0.25) is 5.91 Å². The summed E-state index contributed by atoms with van der Waals surface area (Å²) in [5.41, 5.74) is 1.07. The van der Waals surface area contributed by atoms with Gasteiger partial charge in [-0.05, 0) is 30.2 Å². The second kappa shape index (κ2) is 7.31. The zero-order valence-corrected chi connectivity index (χ0v) is 11.0. The summed E-state index contributed by atoms with van der Waals surface area (Å²) in [5, 5.41) is 12.1. The molecule has 20 heavy (non-hydrogen) atoms. The van der Waals surface area contributed by atoms with Gasteiger partial charge in [-0.25, -0.2) is 0 Å². The lowest BCUT2D eigenvalue weighted by Crippen LogP contribution is -2.38. The Hall–Kier alpha value is -2.33. The highest BCUT2D eigenvalue weighted by Crippen LogP contribution is 2.04. The number of aliphatic hydroxyl groups excluding tert-OH is 1. The summed E-state index contributed by atoms with van der Waals surface area (Å²) in [6.07, 6.45) is 5.12. The van der Waals surface area contributed by atoms with Crippen LogP contribution < -0.4 is 5.32 Å². The lowest BCUT2D eigenvalue weighted by Gasteiger charge is -2.15. The molecule has 0 saturated carbocycles. The average Bonchev–Trinajstić information content (AvgIpc) is 2.99.